The summed E-state index contributed by atoms with van der Waals surface area (Å²) in [6.45, 7) is 0.784. The number of hydrazine groups is 1. The van der Waals surface area contributed by atoms with Crippen molar-refractivity contribution in [1.82, 2.24) is 4.90 Å². The summed E-state index contributed by atoms with van der Waals surface area (Å²) in [4.78, 5) is 2.02. The maximum atomic E-state index is 9.33. The minimum absolute atomic E-state index is 0.376. The molecule has 13 heavy (non-hydrogen) atoms. The summed E-state index contributed by atoms with van der Waals surface area (Å²) in [5.74, 6) is 8.38. The van der Waals surface area contributed by atoms with Gasteiger partial charge in [-0.25, -0.2) is 0 Å². The second kappa shape index (κ2) is 6.42. The summed E-state index contributed by atoms with van der Waals surface area (Å²) in [7, 11) is 3.96. The Labute approximate surface area is 78.7 Å². The topological polar surface area (TPSA) is 75.5 Å². The van der Waals surface area contributed by atoms with Crippen LogP contribution in [0.25, 0.3) is 0 Å². The predicted octanol–water partition coefficient (Wildman–Crippen LogP) is 0.273. The molecule has 0 radical (unpaired) electrons. The minimum atomic E-state index is 0.376. The van der Waals surface area contributed by atoms with Gasteiger partial charge < -0.3 is 10.0 Å². The Bertz CT molecular complexity index is 238. The molecule has 0 aliphatic heterocycles. The molecule has 0 fully saturated rings. The summed E-state index contributed by atoms with van der Waals surface area (Å²) < 4.78 is 0. The zero-order valence-electron chi connectivity index (χ0n) is 8.07. The van der Waals surface area contributed by atoms with Crippen molar-refractivity contribution in [2.75, 3.05) is 14.1 Å². The van der Waals surface area contributed by atoms with E-state index in [4.69, 9.17) is 0 Å². The maximum absolute atomic E-state index is 9.33. The van der Waals surface area contributed by atoms with Gasteiger partial charge in [-0.3, -0.25) is 11.7 Å². The Morgan fingerprint density at radius 1 is 1.23 bits per heavy atom. The van der Waals surface area contributed by atoms with Gasteiger partial charge in [0.05, 0.1) is 0 Å². The lowest BCUT2D eigenvalue weighted by molar-refractivity contribution is 0.386. The number of nitrogens with two attached hydrogens (primary N) is 2. The van der Waals surface area contributed by atoms with Crippen LogP contribution in [-0.4, -0.2) is 24.1 Å². The molecular formula is C9H17N3O. The summed E-state index contributed by atoms with van der Waals surface area (Å²) >= 11 is 0. The van der Waals surface area contributed by atoms with Crippen molar-refractivity contribution >= 4 is 0 Å². The molecule has 0 atom stereocenters. The van der Waals surface area contributed by atoms with Crippen molar-refractivity contribution in [3.05, 3.63) is 29.8 Å². The summed E-state index contributed by atoms with van der Waals surface area (Å²) in [6, 6.07) is 7.39. The van der Waals surface area contributed by atoms with Crippen LogP contribution < -0.4 is 11.7 Å². The second-order valence-electron chi connectivity index (χ2n) is 2.87. The minimum Gasteiger partial charge on any atom is -0.508 e. The van der Waals surface area contributed by atoms with Gasteiger partial charge in [-0.15, -0.1) is 0 Å². The first-order valence-electron chi connectivity index (χ1n) is 3.95. The Kier molecular flexibility index (Phi) is 5.88. The van der Waals surface area contributed by atoms with Crippen LogP contribution in [0.2, 0.25) is 0 Å². The number of hydrogen-bond donors (Lipinski definition) is 3. The number of benzene rings is 1. The van der Waals surface area contributed by atoms with Crippen LogP contribution in [0.3, 0.4) is 0 Å². The molecule has 1 aromatic carbocycles. The van der Waals surface area contributed by atoms with Gasteiger partial charge >= 0.3 is 0 Å². The van der Waals surface area contributed by atoms with E-state index in [0.29, 0.717) is 5.75 Å². The second-order valence-corrected chi connectivity index (χ2v) is 2.87. The van der Waals surface area contributed by atoms with Gasteiger partial charge in [0.25, 0.3) is 0 Å². The molecule has 0 aliphatic carbocycles. The fourth-order valence-electron chi connectivity index (χ4n) is 0.985. The molecule has 4 nitrogen and oxygen atoms in total. The van der Waals surface area contributed by atoms with Crippen LogP contribution in [0.15, 0.2) is 24.3 Å². The van der Waals surface area contributed by atoms with Crippen molar-refractivity contribution in [2.45, 2.75) is 6.54 Å². The molecule has 0 saturated heterocycles. The molecule has 0 amide bonds. The molecule has 0 unspecified atom stereocenters. The van der Waals surface area contributed by atoms with Crippen molar-refractivity contribution in [1.29, 1.82) is 0 Å². The average molecular weight is 183 g/mol. The molecule has 0 heterocycles. The fraction of sp³-hybridized carbons (Fsp3) is 0.333. The summed E-state index contributed by atoms with van der Waals surface area (Å²) in [5, 5.41) is 9.33. The van der Waals surface area contributed by atoms with Gasteiger partial charge in [-0.05, 0) is 20.2 Å². The van der Waals surface area contributed by atoms with Gasteiger partial charge in [-0.1, -0.05) is 18.2 Å². The van der Waals surface area contributed by atoms with E-state index < -0.39 is 0 Å². The van der Waals surface area contributed by atoms with E-state index in [9.17, 15) is 5.11 Å². The van der Waals surface area contributed by atoms with Crippen molar-refractivity contribution in [2.24, 2.45) is 11.7 Å². The molecular weight excluding hydrogens is 166 g/mol. The van der Waals surface area contributed by atoms with E-state index in [1.165, 1.54) is 0 Å². The highest BCUT2D eigenvalue weighted by molar-refractivity contribution is 5.31. The first kappa shape index (κ1) is 11.9. The monoisotopic (exact) mass is 183 g/mol. The van der Waals surface area contributed by atoms with Gasteiger partial charge in [0.1, 0.15) is 5.75 Å². The first-order chi connectivity index (χ1) is 6.20. The van der Waals surface area contributed by atoms with Crippen LogP contribution in [0.1, 0.15) is 5.56 Å². The Balaban J connectivity index is 0.000000671. The lowest BCUT2D eigenvalue weighted by Gasteiger charge is -2.10. The van der Waals surface area contributed by atoms with E-state index in [2.05, 4.69) is 11.7 Å². The van der Waals surface area contributed by atoms with Crippen molar-refractivity contribution < 1.29 is 5.11 Å². The third-order valence-corrected chi connectivity index (χ3v) is 1.48. The van der Waals surface area contributed by atoms with Crippen LogP contribution in [0.5, 0.6) is 5.75 Å². The van der Waals surface area contributed by atoms with E-state index in [-0.39, 0.29) is 0 Å². The van der Waals surface area contributed by atoms with E-state index in [1.54, 1.807) is 6.07 Å². The third-order valence-electron chi connectivity index (χ3n) is 1.48. The highest BCUT2D eigenvalue weighted by Gasteiger charge is 1.98. The number of phenols is 1. The predicted molar refractivity (Wildman–Crippen MR) is 53.9 cm³/mol. The van der Waals surface area contributed by atoms with E-state index >= 15 is 0 Å². The zero-order chi connectivity index (χ0) is 10.3. The molecule has 0 saturated carbocycles. The van der Waals surface area contributed by atoms with Crippen LogP contribution in [-0.2, 0) is 6.54 Å². The zero-order valence-corrected chi connectivity index (χ0v) is 8.07. The molecule has 0 spiro atoms. The third kappa shape index (κ3) is 4.47. The van der Waals surface area contributed by atoms with Crippen molar-refractivity contribution in [3.63, 3.8) is 0 Å². The molecule has 0 aromatic heterocycles. The van der Waals surface area contributed by atoms with Gasteiger partial charge in [0.15, 0.2) is 0 Å². The highest BCUT2D eigenvalue weighted by Crippen LogP contribution is 2.16. The first-order valence-corrected chi connectivity index (χ1v) is 3.95. The maximum Gasteiger partial charge on any atom is 0.120 e. The number of aromatic hydroxyl groups is 1. The Hall–Kier alpha value is -1.10. The molecule has 0 bridgehead atoms. The van der Waals surface area contributed by atoms with Crippen LogP contribution in [0.4, 0.5) is 0 Å². The smallest absolute Gasteiger partial charge is 0.120 e. The summed E-state index contributed by atoms with van der Waals surface area (Å²) in [6.07, 6.45) is 0. The van der Waals surface area contributed by atoms with Crippen LogP contribution >= 0.6 is 0 Å². The Morgan fingerprint density at radius 2 is 1.77 bits per heavy atom. The largest absolute Gasteiger partial charge is 0.508 e. The Morgan fingerprint density at radius 3 is 2.23 bits per heavy atom. The van der Waals surface area contributed by atoms with Crippen LogP contribution in [0, 0.1) is 0 Å². The van der Waals surface area contributed by atoms with Gasteiger partial charge in [-0.2, -0.15) is 0 Å². The summed E-state index contributed by atoms with van der Waals surface area (Å²) in [5.41, 5.74) is 0.970. The van der Waals surface area contributed by atoms with Gasteiger partial charge in [0, 0.05) is 12.1 Å². The lowest BCUT2D eigenvalue weighted by Crippen LogP contribution is -2.10. The quantitative estimate of drug-likeness (QED) is 0.454. The highest BCUT2D eigenvalue weighted by atomic mass is 16.3. The number of hydrogen-bond acceptors (Lipinski definition) is 4. The van der Waals surface area contributed by atoms with Crippen molar-refractivity contribution in [3.8, 4) is 5.75 Å². The SMILES string of the molecule is CN(C)Cc1ccccc1O.NN. The average Bonchev–Trinajstić information content (AvgIpc) is 2.12. The molecule has 0 aliphatic rings. The standard InChI is InChI=1S/C9H13NO.H4N2/c1-10(2)7-8-5-3-4-6-9(8)11;1-2/h3-6,11H,7H2,1-2H3;1-2H2. The van der Waals surface area contributed by atoms with E-state index in [1.807, 2.05) is 37.2 Å². The lowest BCUT2D eigenvalue weighted by atomic mass is 10.2. The number of rotatable bonds is 2. The molecule has 5 N–H and O–H groups in total. The van der Waals surface area contributed by atoms with Gasteiger partial charge in [0.2, 0.25) is 0 Å². The fourth-order valence-corrected chi connectivity index (χ4v) is 0.985. The number of nitrogens with zero attached hydrogens (tertiary/aromatic N) is 1. The molecule has 4 heteroatoms. The normalized spacial score (nSPS) is 9.31. The molecule has 1 rings (SSSR count). The molecule has 1 aromatic rings. The number of para-hydroxylation sites is 1. The molecule has 74 valence electrons. The number of phenolic OH excluding ortho intramolecular Hbond substituents is 1. The van der Waals surface area contributed by atoms with E-state index in [0.717, 1.165) is 12.1 Å².